The van der Waals surface area contributed by atoms with Gasteiger partial charge in [-0.2, -0.15) is 0 Å². The molecule has 0 amide bonds. The van der Waals surface area contributed by atoms with E-state index in [2.05, 4.69) is 48.3 Å². The predicted molar refractivity (Wildman–Crippen MR) is 158 cm³/mol. The zero-order valence-electron chi connectivity index (χ0n) is 23.7. The summed E-state index contributed by atoms with van der Waals surface area (Å²) in [6.07, 6.45) is 12.2. The first-order valence-electron chi connectivity index (χ1n) is 14.3. The Hall–Kier alpha value is -4.10. The Morgan fingerprint density at radius 1 is 0.976 bits per heavy atom. The summed E-state index contributed by atoms with van der Waals surface area (Å²) in [5.41, 5.74) is 4.33. The molecule has 1 fully saturated rings. The van der Waals surface area contributed by atoms with Crippen LogP contribution in [0.1, 0.15) is 42.9 Å². The Bertz CT molecular complexity index is 1600. The lowest BCUT2D eigenvalue weighted by Crippen LogP contribution is -2.39. The second-order valence-electron chi connectivity index (χ2n) is 11.2. The summed E-state index contributed by atoms with van der Waals surface area (Å²) in [4.78, 5) is 2.52. The first-order valence-corrected chi connectivity index (χ1v) is 14.3. The van der Waals surface area contributed by atoms with E-state index in [-0.39, 0.29) is 19.3 Å². The summed E-state index contributed by atoms with van der Waals surface area (Å²) in [6.45, 7) is 4.53. The molecule has 2 atom stereocenters. The molecule has 7 heteroatoms. The van der Waals surface area contributed by atoms with Crippen LogP contribution in [0.3, 0.4) is 0 Å². The molecule has 212 valence electrons. The number of nitrogens with zero attached hydrogens (tertiary/aromatic N) is 1. The van der Waals surface area contributed by atoms with Gasteiger partial charge in [-0.15, -0.1) is 0 Å². The number of ether oxygens (including phenoxy) is 5. The highest BCUT2D eigenvalue weighted by Gasteiger charge is 2.43. The standard InChI is InChI=1S/C34H35NO6/c1-21-16-24(35-14-4-5-15-35)8-11-29(21)34(23-6-9-25(37-2)10-7-23)13-12-26-22(19-36)17-27-28(31(26)41-34)18-30-33(32(27)38-3)40-20-39-30/h6-13,17-18,21,36H,4-5,14-16,19-20H2,1-3H3. The van der Waals surface area contributed by atoms with Crippen LogP contribution in [0.5, 0.6) is 28.7 Å². The van der Waals surface area contributed by atoms with Gasteiger partial charge in [-0.25, -0.2) is 0 Å². The summed E-state index contributed by atoms with van der Waals surface area (Å²) in [7, 11) is 3.30. The third kappa shape index (κ3) is 4.05. The monoisotopic (exact) mass is 553 g/mol. The molecule has 41 heavy (non-hydrogen) atoms. The first kappa shape index (κ1) is 25.8. The van der Waals surface area contributed by atoms with Gasteiger partial charge in [-0.3, -0.25) is 0 Å². The third-order valence-corrected chi connectivity index (χ3v) is 8.90. The summed E-state index contributed by atoms with van der Waals surface area (Å²) >= 11 is 0. The van der Waals surface area contributed by atoms with Gasteiger partial charge < -0.3 is 33.7 Å². The van der Waals surface area contributed by atoms with E-state index >= 15 is 0 Å². The quantitative estimate of drug-likeness (QED) is 0.383. The van der Waals surface area contributed by atoms with Crippen molar-refractivity contribution in [2.45, 2.75) is 38.4 Å². The van der Waals surface area contributed by atoms with Gasteiger partial charge in [-0.05, 0) is 72.7 Å². The van der Waals surface area contributed by atoms with E-state index in [1.807, 2.05) is 24.3 Å². The normalized spacial score (nSPS) is 22.7. The molecule has 7 rings (SSSR count). The van der Waals surface area contributed by atoms with Crippen molar-refractivity contribution in [3.63, 3.8) is 0 Å². The molecule has 0 aromatic heterocycles. The second-order valence-corrected chi connectivity index (χ2v) is 11.2. The number of rotatable bonds is 6. The van der Waals surface area contributed by atoms with E-state index in [1.165, 1.54) is 24.1 Å². The molecule has 0 saturated carbocycles. The Morgan fingerprint density at radius 2 is 1.78 bits per heavy atom. The third-order valence-electron chi connectivity index (χ3n) is 8.90. The van der Waals surface area contributed by atoms with Crippen molar-refractivity contribution in [2.75, 3.05) is 34.1 Å². The molecule has 3 aliphatic heterocycles. The molecule has 3 heterocycles. The number of aliphatic hydroxyl groups is 1. The van der Waals surface area contributed by atoms with Crippen LogP contribution in [-0.2, 0) is 12.2 Å². The minimum Gasteiger partial charge on any atom is -0.497 e. The molecule has 0 radical (unpaired) electrons. The molecule has 4 aliphatic rings. The van der Waals surface area contributed by atoms with E-state index < -0.39 is 5.60 Å². The van der Waals surface area contributed by atoms with Crippen molar-refractivity contribution >= 4 is 16.8 Å². The van der Waals surface area contributed by atoms with E-state index in [0.29, 0.717) is 23.0 Å². The molecule has 7 nitrogen and oxygen atoms in total. The van der Waals surface area contributed by atoms with E-state index in [9.17, 15) is 5.11 Å². The van der Waals surface area contributed by atoms with Gasteiger partial charge in [0, 0.05) is 40.7 Å². The molecule has 1 aliphatic carbocycles. The molecule has 3 aromatic carbocycles. The SMILES string of the molecule is COc1ccc(C2(C3=CC=C(N4CCCC4)CC3C)C=Cc3c(CO)cc4c(OC)c5c(cc4c3O2)OCO5)cc1. The van der Waals surface area contributed by atoms with Gasteiger partial charge in [0.25, 0.3) is 0 Å². The highest BCUT2D eigenvalue weighted by Crippen LogP contribution is 2.54. The maximum atomic E-state index is 10.4. The van der Waals surface area contributed by atoms with Gasteiger partial charge >= 0.3 is 0 Å². The minimum atomic E-state index is -0.865. The maximum absolute atomic E-state index is 10.4. The fourth-order valence-electron chi connectivity index (χ4n) is 6.81. The van der Waals surface area contributed by atoms with Crippen LogP contribution in [0.15, 0.2) is 65.9 Å². The van der Waals surface area contributed by atoms with Gasteiger partial charge in [-0.1, -0.05) is 31.2 Å². The van der Waals surface area contributed by atoms with Crippen LogP contribution < -0.4 is 23.7 Å². The van der Waals surface area contributed by atoms with Crippen LogP contribution in [0.25, 0.3) is 16.8 Å². The topological polar surface area (TPSA) is 69.6 Å². The number of likely N-dealkylation sites (tertiary alicyclic amines) is 1. The first-order chi connectivity index (χ1) is 20.1. The largest absolute Gasteiger partial charge is 0.497 e. The molecule has 0 bridgehead atoms. The van der Waals surface area contributed by atoms with E-state index in [4.69, 9.17) is 23.7 Å². The Kier molecular flexibility index (Phi) is 6.35. The Morgan fingerprint density at radius 3 is 2.49 bits per heavy atom. The highest BCUT2D eigenvalue weighted by atomic mass is 16.7. The van der Waals surface area contributed by atoms with Crippen molar-refractivity contribution in [1.29, 1.82) is 0 Å². The second kappa shape index (κ2) is 10.1. The number of hydrogen-bond donors (Lipinski definition) is 1. The number of fused-ring (bicyclic) bond motifs is 4. The lowest BCUT2D eigenvalue weighted by atomic mass is 9.74. The number of aliphatic hydroxyl groups excluding tert-OH is 1. The highest BCUT2D eigenvalue weighted by molar-refractivity contribution is 6.01. The van der Waals surface area contributed by atoms with E-state index in [1.54, 1.807) is 14.2 Å². The van der Waals surface area contributed by atoms with Crippen molar-refractivity contribution in [1.82, 2.24) is 4.90 Å². The summed E-state index contributed by atoms with van der Waals surface area (Å²) < 4.78 is 30.1. The van der Waals surface area contributed by atoms with Crippen LogP contribution in [-0.4, -0.2) is 44.1 Å². The average Bonchev–Trinajstić information content (AvgIpc) is 3.72. The lowest BCUT2D eigenvalue weighted by Gasteiger charge is -2.42. The van der Waals surface area contributed by atoms with Crippen LogP contribution in [0.2, 0.25) is 0 Å². The summed E-state index contributed by atoms with van der Waals surface area (Å²) in [5, 5.41) is 12.1. The zero-order chi connectivity index (χ0) is 28.1. The molecule has 2 unspecified atom stereocenters. The van der Waals surface area contributed by atoms with Crippen LogP contribution in [0, 0.1) is 5.92 Å². The van der Waals surface area contributed by atoms with Crippen molar-refractivity contribution < 1.29 is 28.8 Å². The average molecular weight is 554 g/mol. The number of benzene rings is 3. The Balaban J connectivity index is 1.44. The molecular weight excluding hydrogens is 518 g/mol. The molecule has 1 saturated heterocycles. The van der Waals surface area contributed by atoms with Crippen molar-refractivity contribution in [3.05, 3.63) is 82.6 Å². The number of allylic oxidation sites excluding steroid dienone is 3. The molecule has 1 N–H and O–H groups in total. The smallest absolute Gasteiger partial charge is 0.231 e. The summed E-state index contributed by atoms with van der Waals surface area (Å²) in [6, 6.07) is 12.0. The number of hydrogen-bond acceptors (Lipinski definition) is 7. The van der Waals surface area contributed by atoms with E-state index in [0.717, 1.165) is 52.7 Å². The molecule has 3 aromatic rings. The predicted octanol–water partition coefficient (Wildman–Crippen LogP) is 6.33. The molecule has 0 spiro atoms. The summed E-state index contributed by atoms with van der Waals surface area (Å²) in [5.74, 6) is 3.47. The van der Waals surface area contributed by atoms with Crippen LogP contribution in [0.4, 0.5) is 0 Å². The minimum absolute atomic E-state index is 0.129. The lowest BCUT2D eigenvalue weighted by molar-refractivity contribution is 0.143. The number of methoxy groups -OCH3 is 2. The Labute approximate surface area is 240 Å². The molecular formula is C34H35NO6. The fourth-order valence-corrected chi connectivity index (χ4v) is 6.81. The zero-order valence-corrected chi connectivity index (χ0v) is 23.7. The van der Waals surface area contributed by atoms with Crippen molar-refractivity contribution in [3.8, 4) is 28.7 Å². The van der Waals surface area contributed by atoms with Gasteiger partial charge in [0.15, 0.2) is 17.1 Å². The van der Waals surface area contributed by atoms with Gasteiger partial charge in [0.2, 0.25) is 12.5 Å². The maximum Gasteiger partial charge on any atom is 0.231 e. The fraction of sp³-hybridized carbons (Fsp3) is 0.353. The van der Waals surface area contributed by atoms with Gasteiger partial charge in [0.05, 0.1) is 20.8 Å². The van der Waals surface area contributed by atoms with Crippen molar-refractivity contribution in [2.24, 2.45) is 5.92 Å². The van der Waals surface area contributed by atoms with Crippen LogP contribution >= 0.6 is 0 Å². The van der Waals surface area contributed by atoms with Gasteiger partial charge in [0.1, 0.15) is 11.5 Å².